The highest BCUT2D eigenvalue weighted by Crippen LogP contribution is 2.26. The number of amides is 2. The predicted molar refractivity (Wildman–Crippen MR) is 130 cm³/mol. The molecule has 1 aliphatic heterocycles. The van der Waals surface area contributed by atoms with E-state index in [0.29, 0.717) is 36.9 Å². The number of carbonyl (C=O) groups excluding carboxylic acids is 2. The second kappa shape index (κ2) is 10.3. The van der Waals surface area contributed by atoms with Crippen molar-refractivity contribution in [2.75, 3.05) is 36.3 Å². The van der Waals surface area contributed by atoms with Gasteiger partial charge in [0.25, 0.3) is 10.0 Å². The third-order valence-corrected chi connectivity index (χ3v) is 7.54. The van der Waals surface area contributed by atoms with E-state index in [1.165, 1.54) is 25.3 Å². The molecule has 0 radical (unpaired) electrons. The number of nitrogens with zero attached hydrogens (tertiary/aromatic N) is 2. The van der Waals surface area contributed by atoms with E-state index in [1.54, 1.807) is 23.1 Å². The van der Waals surface area contributed by atoms with Gasteiger partial charge in [0.15, 0.2) is 5.13 Å². The van der Waals surface area contributed by atoms with Crippen molar-refractivity contribution in [3.63, 3.8) is 0 Å². The molecule has 1 aliphatic rings. The summed E-state index contributed by atoms with van der Waals surface area (Å²) in [5.41, 5.74) is 2.32. The highest BCUT2D eigenvalue weighted by Gasteiger charge is 2.20. The summed E-state index contributed by atoms with van der Waals surface area (Å²) >= 11 is 1.14. The van der Waals surface area contributed by atoms with Gasteiger partial charge >= 0.3 is 0 Å². The number of thiazole rings is 1. The molecule has 0 atom stereocenters. The molecule has 1 saturated heterocycles. The highest BCUT2D eigenvalue weighted by molar-refractivity contribution is 7.93. The molecular weight excluding hydrogens is 476 g/mol. The second-order valence-electron chi connectivity index (χ2n) is 7.69. The number of morpholine rings is 1. The zero-order valence-corrected chi connectivity index (χ0v) is 20.1. The molecule has 2 amide bonds. The van der Waals surface area contributed by atoms with Crippen molar-refractivity contribution >= 4 is 44.0 Å². The topological polar surface area (TPSA) is 118 Å². The minimum Gasteiger partial charge on any atom is -0.378 e. The van der Waals surface area contributed by atoms with Gasteiger partial charge in [0.2, 0.25) is 11.8 Å². The molecule has 178 valence electrons. The van der Waals surface area contributed by atoms with Crippen LogP contribution in [0.25, 0.3) is 11.1 Å². The molecule has 1 fully saturated rings. The molecule has 0 unspecified atom stereocenters. The lowest BCUT2D eigenvalue weighted by atomic mass is 10.1. The van der Waals surface area contributed by atoms with Crippen molar-refractivity contribution in [1.29, 1.82) is 0 Å². The number of rotatable bonds is 7. The summed E-state index contributed by atoms with van der Waals surface area (Å²) in [7, 11) is -3.84. The first kappa shape index (κ1) is 23.9. The predicted octanol–water partition coefficient (Wildman–Crippen LogP) is 2.97. The van der Waals surface area contributed by atoms with E-state index in [1.807, 2.05) is 18.2 Å². The molecule has 2 aromatic carbocycles. The van der Waals surface area contributed by atoms with E-state index in [-0.39, 0.29) is 28.3 Å². The van der Waals surface area contributed by atoms with Crippen LogP contribution >= 0.6 is 11.3 Å². The largest absolute Gasteiger partial charge is 0.378 e. The smallest absolute Gasteiger partial charge is 0.263 e. The number of nitrogens with one attached hydrogen (secondary N) is 2. The Hall–Kier alpha value is -3.28. The fraction of sp³-hybridized carbons (Fsp3) is 0.261. The Morgan fingerprint density at radius 3 is 2.53 bits per heavy atom. The van der Waals surface area contributed by atoms with Gasteiger partial charge in [-0.05, 0) is 35.4 Å². The van der Waals surface area contributed by atoms with Gasteiger partial charge in [0.1, 0.15) is 0 Å². The van der Waals surface area contributed by atoms with Crippen LogP contribution in [0.1, 0.15) is 11.8 Å². The van der Waals surface area contributed by atoms with Crippen LogP contribution in [0.2, 0.25) is 0 Å². The first-order chi connectivity index (χ1) is 16.3. The maximum Gasteiger partial charge on any atom is 0.263 e. The minimum absolute atomic E-state index is 0.0282. The standard InChI is InChI=1S/C23H24N4O5S2/c1-16(28)25-19-4-2-3-18(13-19)17-5-7-21(8-6-17)34(30,31)26-23-24-15-20(33-23)14-22(29)27-9-11-32-12-10-27/h2-8,13,15H,9-12,14H2,1H3,(H,24,26)(H,25,28). The van der Waals surface area contributed by atoms with Crippen LogP contribution < -0.4 is 10.0 Å². The van der Waals surface area contributed by atoms with Crippen LogP contribution in [0.4, 0.5) is 10.8 Å². The summed E-state index contributed by atoms with van der Waals surface area (Å²) in [5, 5.41) is 2.94. The third kappa shape index (κ3) is 5.99. The monoisotopic (exact) mass is 500 g/mol. The summed E-state index contributed by atoms with van der Waals surface area (Å²) in [4.78, 5) is 30.3. The van der Waals surface area contributed by atoms with Crippen LogP contribution in [-0.2, 0) is 30.8 Å². The zero-order chi connectivity index (χ0) is 24.1. The molecule has 9 nitrogen and oxygen atoms in total. The zero-order valence-electron chi connectivity index (χ0n) is 18.5. The van der Waals surface area contributed by atoms with E-state index in [0.717, 1.165) is 22.5 Å². The van der Waals surface area contributed by atoms with Gasteiger partial charge in [-0.3, -0.25) is 14.3 Å². The van der Waals surface area contributed by atoms with Gasteiger partial charge in [-0.25, -0.2) is 13.4 Å². The summed E-state index contributed by atoms with van der Waals surface area (Å²) in [6, 6.07) is 13.7. The van der Waals surface area contributed by atoms with Crippen molar-refractivity contribution in [2.45, 2.75) is 18.2 Å². The number of anilines is 2. The third-order valence-electron chi connectivity index (χ3n) is 5.15. The summed E-state index contributed by atoms with van der Waals surface area (Å²) in [6.45, 7) is 3.61. The number of carbonyl (C=O) groups is 2. The SMILES string of the molecule is CC(=O)Nc1cccc(-c2ccc(S(=O)(=O)Nc3ncc(CC(=O)N4CCOCC4)s3)cc2)c1. The normalized spacial score (nSPS) is 14.0. The van der Waals surface area contributed by atoms with Gasteiger partial charge in [0, 0.05) is 36.8 Å². The van der Waals surface area contributed by atoms with Crippen LogP contribution in [0, 0.1) is 0 Å². The molecule has 3 aromatic rings. The van der Waals surface area contributed by atoms with Crippen molar-refractivity contribution in [3.8, 4) is 11.1 Å². The molecule has 2 N–H and O–H groups in total. The van der Waals surface area contributed by atoms with E-state index in [9.17, 15) is 18.0 Å². The number of hydrogen-bond acceptors (Lipinski definition) is 7. The lowest BCUT2D eigenvalue weighted by Gasteiger charge is -2.26. The number of ether oxygens (including phenoxy) is 1. The number of hydrogen-bond donors (Lipinski definition) is 2. The molecule has 0 spiro atoms. The molecule has 4 rings (SSSR count). The molecule has 1 aromatic heterocycles. The molecular formula is C23H24N4O5S2. The number of aromatic nitrogens is 1. The highest BCUT2D eigenvalue weighted by atomic mass is 32.2. The second-order valence-corrected chi connectivity index (χ2v) is 10.5. The first-order valence-corrected chi connectivity index (χ1v) is 12.9. The van der Waals surface area contributed by atoms with Gasteiger partial charge in [-0.1, -0.05) is 24.3 Å². The van der Waals surface area contributed by atoms with Crippen LogP contribution in [0.15, 0.2) is 59.6 Å². The molecule has 34 heavy (non-hydrogen) atoms. The minimum atomic E-state index is -3.84. The Morgan fingerprint density at radius 1 is 1.09 bits per heavy atom. The summed E-state index contributed by atoms with van der Waals surface area (Å²) in [6.07, 6.45) is 1.69. The average molecular weight is 501 g/mol. The lowest BCUT2D eigenvalue weighted by Crippen LogP contribution is -2.41. The van der Waals surface area contributed by atoms with Crippen LogP contribution in [0.5, 0.6) is 0 Å². The van der Waals surface area contributed by atoms with E-state index >= 15 is 0 Å². The van der Waals surface area contributed by atoms with E-state index in [2.05, 4.69) is 15.0 Å². The molecule has 0 saturated carbocycles. The van der Waals surface area contributed by atoms with Gasteiger partial charge in [-0.15, -0.1) is 11.3 Å². The lowest BCUT2D eigenvalue weighted by molar-refractivity contribution is -0.134. The Kier molecular flexibility index (Phi) is 7.25. The molecule has 0 bridgehead atoms. The molecule has 0 aliphatic carbocycles. The van der Waals surface area contributed by atoms with Gasteiger partial charge < -0.3 is 15.0 Å². The van der Waals surface area contributed by atoms with Crippen LogP contribution in [0.3, 0.4) is 0 Å². The van der Waals surface area contributed by atoms with Gasteiger partial charge in [0.05, 0.1) is 24.5 Å². The van der Waals surface area contributed by atoms with E-state index < -0.39 is 10.0 Å². The Balaban J connectivity index is 1.42. The van der Waals surface area contributed by atoms with Gasteiger partial charge in [-0.2, -0.15) is 0 Å². The van der Waals surface area contributed by atoms with E-state index in [4.69, 9.17) is 4.74 Å². The van der Waals surface area contributed by atoms with Crippen molar-refractivity contribution in [3.05, 3.63) is 59.6 Å². The van der Waals surface area contributed by atoms with Crippen molar-refractivity contribution in [2.24, 2.45) is 0 Å². The summed E-state index contributed by atoms with van der Waals surface area (Å²) in [5.74, 6) is -0.194. The quantitative estimate of drug-likeness (QED) is 0.515. The fourth-order valence-corrected chi connectivity index (χ4v) is 5.54. The Morgan fingerprint density at radius 2 is 1.82 bits per heavy atom. The first-order valence-electron chi connectivity index (χ1n) is 10.6. The number of sulfonamides is 1. The number of benzene rings is 2. The summed E-state index contributed by atoms with van der Waals surface area (Å²) < 4.78 is 33.4. The van der Waals surface area contributed by atoms with Crippen molar-refractivity contribution < 1.29 is 22.7 Å². The molecule has 11 heteroatoms. The van der Waals surface area contributed by atoms with Crippen LogP contribution in [-0.4, -0.2) is 56.4 Å². The molecule has 2 heterocycles. The average Bonchev–Trinajstić information content (AvgIpc) is 3.25. The maximum absolute atomic E-state index is 12.8. The van der Waals surface area contributed by atoms with Crippen molar-refractivity contribution in [1.82, 2.24) is 9.88 Å². The Bertz CT molecular complexity index is 1280. The maximum atomic E-state index is 12.8. The Labute approximate surface area is 201 Å². The fourth-order valence-electron chi connectivity index (χ4n) is 3.49.